The zero-order chi connectivity index (χ0) is 17.8. The number of phenolic OH excluding ortho intramolecular Hbond substituents is 1. The van der Waals surface area contributed by atoms with Gasteiger partial charge in [0.1, 0.15) is 0 Å². The van der Waals surface area contributed by atoms with Crippen molar-refractivity contribution in [3.05, 3.63) is 53.1 Å². The summed E-state index contributed by atoms with van der Waals surface area (Å²) in [7, 11) is 0. The number of benzene rings is 2. The van der Waals surface area contributed by atoms with Gasteiger partial charge in [0.25, 0.3) is 0 Å². The van der Waals surface area contributed by atoms with Crippen LogP contribution in [0.4, 0.5) is 11.4 Å². The molecule has 25 heavy (non-hydrogen) atoms. The van der Waals surface area contributed by atoms with Gasteiger partial charge in [-0.15, -0.1) is 0 Å². The second-order valence-electron chi connectivity index (χ2n) is 6.15. The van der Waals surface area contributed by atoms with Crippen molar-refractivity contribution in [3.8, 4) is 5.75 Å². The van der Waals surface area contributed by atoms with Crippen LogP contribution in [-0.2, 0) is 16.0 Å². The Labute approximate surface area is 151 Å². The number of amides is 2. The van der Waals surface area contributed by atoms with Crippen LogP contribution in [0.25, 0.3) is 0 Å². The van der Waals surface area contributed by atoms with Crippen LogP contribution in [0.5, 0.6) is 5.75 Å². The van der Waals surface area contributed by atoms with Crippen molar-refractivity contribution >= 4 is 34.8 Å². The number of carbonyl (C=O) groups is 2. The molecular weight excluding hydrogens is 340 g/mol. The van der Waals surface area contributed by atoms with E-state index in [9.17, 15) is 14.7 Å². The average Bonchev–Trinajstić information content (AvgIpc) is 3.43. The Kier molecular flexibility index (Phi) is 5.24. The molecule has 6 heteroatoms. The maximum Gasteiger partial charge on any atom is 0.227 e. The SMILES string of the molecule is O=C(CCc1ccccc1)Nc1cc(Cl)c(O)c(NC(=O)C2CC2)c1. The zero-order valence-corrected chi connectivity index (χ0v) is 14.3. The molecule has 1 saturated carbocycles. The predicted octanol–water partition coefficient (Wildman–Crippen LogP) is 3.97. The van der Waals surface area contributed by atoms with E-state index in [0.29, 0.717) is 18.5 Å². The second kappa shape index (κ2) is 7.57. The van der Waals surface area contributed by atoms with Gasteiger partial charge in [0.05, 0.1) is 10.7 Å². The van der Waals surface area contributed by atoms with E-state index in [0.717, 1.165) is 18.4 Å². The van der Waals surface area contributed by atoms with Crippen molar-refractivity contribution < 1.29 is 14.7 Å². The first-order valence-corrected chi connectivity index (χ1v) is 8.58. The molecule has 0 atom stereocenters. The minimum absolute atomic E-state index is 0.00213. The Morgan fingerprint density at radius 3 is 2.52 bits per heavy atom. The molecule has 0 unspecified atom stereocenters. The number of aryl methyl sites for hydroxylation is 1. The van der Waals surface area contributed by atoms with E-state index >= 15 is 0 Å². The normalized spacial score (nSPS) is 13.3. The molecule has 0 aromatic heterocycles. The number of rotatable bonds is 6. The third-order valence-electron chi connectivity index (χ3n) is 4.04. The number of hydrogen-bond acceptors (Lipinski definition) is 3. The number of carbonyl (C=O) groups excluding carboxylic acids is 2. The molecule has 2 aromatic rings. The largest absolute Gasteiger partial charge is 0.504 e. The highest BCUT2D eigenvalue weighted by Crippen LogP contribution is 2.37. The number of aromatic hydroxyl groups is 1. The Hall–Kier alpha value is -2.53. The quantitative estimate of drug-likeness (QED) is 0.540. The molecule has 3 rings (SSSR count). The first-order valence-electron chi connectivity index (χ1n) is 8.20. The molecule has 0 saturated heterocycles. The summed E-state index contributed by atoms with van der Waals surface area (Å²) in [5.74, 6) is -0.496. The summed E-state index contributed by atoms with van der Waals surface area (Å²) >= 11 is 6.00. The number of phenols is 1. The van der Waals surface area contributed by atoms with Gasteiger partial charge in [-0.25, -0.2) is 0 Å². The molecule has 0 aliphatic heterocycles. The highest BCUT2D eigenvalue weighted by atomic mass is 35.5. The highest BCUT2D eigenvalue weighted by molar-refractivity contribution is 6.33. The van der Waals surface area contributed by atoms with Gasteiger partial charge in [-0.3, -0.25) is 9.59 Å². The monoisotopic (exact) mass is 358 g/mol. The summed E-state index contributed by atoms with van der Waals surface area (Å²) in [6.45, 7) is 0. The predicted molar refractivity (Wildman–Crippen MR) is 97.9 cm³/mol. The summed E-state index contributed by atoms with van der Waals surface area (Å²) in [6, 6.07) is 12.7. The van der Waals surface area contributed by atoms with E-state index in [1.54, 1.807) is 0 Å². The first kappa shape index (κ1) is 17.3. The number of hydrogen-bond donors (Lipinski definition) is 3. The third-order valence-corrected chi connectivity index (χ3v) is 4.32. The Morgan fingerprint density at radius 2 is 1.84 bits per heavy atom. The lowest BCUT2D eigenvalue weighted by Gasteiger charge is -2.12. The molecule has 0 heterocycles. The summed E-state index contributed by atoms with van der Waals surface area (Å²) in [6.07, 6.45) is 2.67. The third kappa shape index (κ3) is 4.73. The van der Waals surface area contributed by atoms with E-state index in [2.05, 4.69) is 10.6 Å². The van der Waals surface area contributed by atoms with E-state index < -0.39 is 0 Å². The van der Waals surface area contributed by atoms with Crippen molar-refractivity contribution in [2.45, 2.75) is 25.7 Å². The van der Waals surface area contributed by atoms with Crippen molar-refractivity contribution in [1.82, 2.24) is 0 Å². The Bertz CT molecular complexity index is 789. The molecule has 1 aliphatic carbocycles. The van der Waals surface area contributed by atoms with Gasteiger partial charge in [-0.05, 0) is 37.0 Å². The lowest BCUT2D eigenvalue weighted by Crippen LogP contribution is -2.15. The van der Waals surface area contributed by atoms with Crippen LogP contribution in [0.2, 0.25) is 5.02 Å². The molecule has 2 aromatic carbocycles. The molecule has 2 amide bonds. The molecule has 0 radical (unpaired) electrons. The molecule has 3 N–H and O–H groups in total. The summed E-state index contributed by atoms with van der Waals surface area (Å²) < 4.78 is 0. The van der Waals surface area contributed by atoms with E-state index in [1.165, 1.54) is 12.1 Å². The van der Waals surface area contributed by atoms with Crippen LogP contribution >= 0.6 is 11.6 Å². The van der Waals surface area contributed by atoms with Gasteiger partial charge in [0.15, 0.2) is 5.75 Å². The van der Waals surface area contributed by atoms with E-state index in [4.69, 9.17) is 11.6 Å². The van der Waals surface area contributed by atoms with Crippen LogP contribution in [0.3, 0.4) is 0 Å². The first-order chi connectivity index (χ1) is 12.0. The minimum atomic E-state index is -0.196. The standard InChI is InChI=1S/C19H19ClN2O3/c20-15-10-14(11-16(18(15)24)22-19(25)13-7-8-13)21-17(23)9-6-12-4-2-1-3-5-12/h1-5,10-11,13,24H,6-9H2,(H,21,23)(H,22,25). The van der Waals surface area contributed by atoms with Crippen molar-refractivity contribution in [1.29, 1.82) is 0 Å². The molecular formula is C19H19ClN2O3. The van der Waals surface area contributed by atoms with Crippen LogP contribution < -0.4 is 10.6 Å². The molecule has 0 spiro atoms. The van der Waals surface area contributed by atoms with Crippen molar-refractivity contribution in [3.63, 3.8) is 0 Å². The lowest BCUT2D eigenvalue weighted by molar-refractivity contribution is -0.117. The Morgan fingerprint density at radius 1 is 1.12 bits per heavy atom. The van der Waals surface area contributed by atoms with Crippen molar-refractivity contribution in [2.75, 3.05) is 10.6 Å². The van der Waals surface area contributed by atoms with Crippen LogP contribution in [0, 0.1) is 5.92 Å². The van der Waals surface area contributed by atoms with Crippen LogP contribution in [0.1, 0.15) is 24.8 Å². The zero-order valence-electron chi connectivity index (χ0n) is 13.6. The number of nitrogens with one attached hydrogen (secondary N) is 2. The van der Waals surface area contributed by atoms with Gasteiger partial charge in [-0.1, -0.05) is 41.9 Å². The smallest absolute Gasteiger partial charge is 0.227 e. The maximum absolute atomic E-state index is 12.1. The summed E-state index contributed by atoms with van der Waals surface area (Å²) in [5, 5.41) is 15.5. The van der Waals surface area contributed by atoms with Gasteiger partial charge < -0.3 is 15.7 Å². The summed E-state index contributed by atoms with van der Waals surface area (Å²) in [5.41, 5.74) is 1.73. The van der Waals surface area contributed by atoms with E-state index in [-0.39, 0.29) is 34.2 Å². The molecule has 0 bridgehead atoms. The molecule has 5 nitrogen and oxygen atoms in total. The maximum atomic E-state index is 12.1. The van der Waals surface area contributed by atoms with Crippen LogP contribution in [0.15, 0.2) is 42.5 Å². The lowest BCUT2D eigenvalue weighted by atomic mass is 10.1. The minimum Gasteiger partial charge on any atom is -0.504 e. The summed E-state index contributed by atoms with van der Waals surface area (Å²) in [4.78, 5) is 24.0. The second-order valence-corrected chi connectivity index (χ2v) is 6.56. The van der Waals surface area contributed by atoms with Gasteiger partial charge in [0.2, 0.25) is 11.8 Å². The Balaban J connectivity index is 1.63. The highest BCUT2D eigenvalue weighted by Gasteiger charge is 2.30. The fraction of sp³-hybridized carbons (Fsp3) is 0.263. The fourth-order valence-corrected chi connectivity index (χ4v) is 2.69. The van der Waals surface area contributed by atoms with Crippen LogP contribution in [-0.4, -0.2) is 16.9 Å². The van der Waals surface area contributed by atoms with Gasteiger partial charge in [0, 0.05) is 18.0 Å². The average molecular weight is 359 g/mol. The van der Waals surface area contributed by atoms with Gasteiger partial charge >= 0.3 is 0 Å². The fourth-order valence-electron chi connectivity index (χ4n) is 2.47. The molecule has 1 fully saturated rings. The topological polar surface area (TPSA) is 78.4 Å². The van der Waals surface area contributed by atoms with Crippen molar-refractivity contribution in [2.24, 2.45) is 5.92 Å². The molecule has 1 aliphatic rings. The molecule has 130 valence electrons. The number of anilines is 2. The number of halogens is 1. The van der Waals surface area contributed by atoms with E-state index in [1.807, 2.05) is 30.3 Å². The van der Waals surface area contributed by atoms with Gasteiger partial charge in [-0.2, -0.15) is 0 Å².